The van der Waals surface area contributed by atoms with Crippen molar-refractivity contribution in [2.75, 3.05) is 6.54 Å². The zero-order valence-corrected chi connectivity index (χ0v) is 10.6. The highest BCUT2D eigenvalue weighted by atomic mass is 19.3. The van der Waals surface area contributed by atoms with Gasteiger partial charge in [-0.25, -0.2) is 13.6 Å². The van der Waals surface area contributed by atoms with Gasteiger partial charge in [0, 0.05) is 6.42 Å². The molecule has 0 saturated heterocycles. The second kappa shape index (κ2) is 5.46. The maximum atomic E-state index is 13.2. The van der Waals surface area contributed by atoms with Crippen LogP contribution in [0.2, 0.25) is 0 Å². The number of hydrogen-bond donors (Lipinski definition) is 1. The van der Waals surface area contributed by atoms with Crippen LogP contribution in [0.4, 0.5) is 13.6 Å². The fraction of sp³-hybridized carbons (Fsp3) is 0.909. The van der Waals surface area contributed by atoms with Gasteiger partial charge in [-0.05, 0) is 26.7 Å². The Morgan fingerprint density at radius 2 is 1.81 bits per heavy atom. The summed E-state index contributed by atoms with van der Waals surface area (Å²) in [6.45, 7) is 7.78. The van der Waals surface area contributed by atoms with Crippen LogP contribution in [0.15, 0.2) is 0 Å². The van der Waals surface area contributed by atoms with Crippen LogP contribution in [0.3, 0.4) is 0 Å². The summed E-state index contributed by atoms with van der Waals surface area (Å²) < 4.78 is 31.2. The Balaban J connectivity index is 4.00. The predicted octanol–water partition coefficient (Wildman–Crippen LogP) is 3.19. The van der Waals surface area contributed by atoms with Gasteiger partial charge in [-0.1, -0.05) is 13.8 Å². The van der Waals surface area contributed by atoms with Crippen LogP contribution < -0.4 is 5.32 Å². The highest BCUT2D eigenvalue weighted by Gasteiger charge is 2.31. The number of amides is 1. The SMILES string of the molecule is CC(C)CC(F)(F)CNC(=O)OC(C)(C)C. The standard InChI is InChI=1S/C11H21F2NO2/c1-8(2)6-11(12,13)7-14-9(15)16-10(3,4)5/h8H,6-7H2,1-5H3,(H,14,15). The number of hydrogen-bond acceptors (Lipinski definition) is 2. The van der Waals surface area contributed by atoms with Crippen LogP contribution in [-0.2, 0) is 4.74 Å². The van der Waals surface area contributed by atoms with Crippen molar-refractivity contribution in [3.05, 3.63) is 0 Å². The van der Waals surface area contributed by atoms with E-state index in [-0.39, 0.29) is 12.3 Å². The lowest BCUT2D eigenvalue weighted by Crippen LogP contribution is -2.40. The molecule has 0 fully saturated rings. The third-order valence-electron chi connectivity index (χ3n) is 1.60. The monoisotopic (exact) mass is 237 g/mol. The zero-order valence-electron chi connectivity index (χ0n) is 10.6. The fourth-order valence-electron chi connectivity index (χ4n) is 1.19. The number of halogens is 2. The quantitative estimate of drug-likeness (QED) is 0.815. The van der Waals surface area contributed by atoms with Gasteiger partial charge in [0.1, 0.15) is 5.60 Å². The minimum Gasteiger partial charge on any atom is -0.444 e. The molecular weight excluding hydrogens is 216 g/mol. The molecule has 3 nitrogen and oxygen atoms in total. The molecule has 0 unspecified atom stereocenters. The third kappa shape index (κ3) is 8.44. The Hall–Kier alpha value is -0.870. The minimum absolute atomic E-state index is 0.115. The topological polar surface area (TPSA) is 38.3 Å². The van der Waals surface area contributed by atoms with E-state index < -0.39 is 24.2 Å². The first-order chi connectivity index (χ1) is 7.02. The molecular formula is C11H21F2NO2. The first kappa shape index (κ1) is 15.1. The van der Waals surface area contributed by atoms with Gasteiger partial charge in [0.15, 0.2) is 0 Å². The number of rotatable bonds is 4. The van der Waals surface area contributed by atoms with Crippen molar-refractivity contribution in [1.29, 1.82) is 0 Å². The average molecular weight is 237 g/mol. The van der Waals surface area contributed by atoms with Crippen LogP contribution in [0.1, 0.15) is 41.0 Å². The first-order valence-electron chi connectivity index (χ1n) is 5.36. The summed E-state index contributed by atoms with van der Waals surface area (Å²) in [5, 5.41) is 2.07. The maximum absolute atomic E-state index is 13.2. The highest BCUT2D eigenvalue weighted by molar-refractivity contribution is 5.67. The van der Waals surface area contributed by atoms with E-state index in [0.29, 0.717) is 0 Å². The summed E-state index contributed by atoms with van der Waals surface area (Å²) >= 11 is 0. The summed E-state index contributed by atoms with van der Waals surface area (Å²) in [6.07, 6.45) is -1.06. The summed E-state index contributed by atoms with van der Waals surface area (Å²) in [7, 11) is 0. The van der Waals surface area contributed by atoms with Crippen LogP contribution in [0.25, 0.3) is 0 Å². The van der Waals surface area contributed by atoms with Gasteiger partial charge < -0.3 is 10.1 Å². The lowest BCUT2D eigenvalue weighted by atomic mass is 10.1. The molecule has 1 amide bonds. The van der Waals surface area contributed by atoms with Crippen LogP contribution in [-0.4, -0.2) is 24.2 Å². The van der Waals surface area contributed by atoms with Crippen LogP contribution >= 0.6 is 0 Å². The van der Waals surface area contributed by atoms with E-state index in [0.717, 1.165) is 0 Å². The predicted molar refractivity (Wildman–Crippen MR) is 58.6 cm³/mol. The Morgan fingerprint density at radius 1 is 1.31 bits per heavy atom. The molecule has 5 heteroatoms. The number of nitrogens with one attached hydrogen (secondary N) is 1. The summed E-state index contributed by atoms with van der Waals surface area (Å²) in [6, 6.07) is 0. The van der Waals surface area contributed by atoms with E-state index in [9.17, 15) is 13.6 Å². The Morgan fingerprint density at radius 3 is 2.19 bits per heavy atom. The Labute approximate surface area is 95.5 Å². The number of ether oxygens (including phenoxy) is 1. The molecule has 0 saturated carbocycles. The van der Waals surface area contributed by atoms with Gasteiger partial charge in [0.2, 0.25) is 0 Å². The zero-order chi connectivity index (χ0) is 13.0. The number of alkyl carbamates (subject to hydrolysis) is 1. The average Bonchev–Trinajstić information content (AvgIpc) is 1.95. The molecule has 1 N–H and O–H groups in total. The van der Waals surface area contributed by atoms with Gasteiger partial charge in [-0.2, -0.15) is 0 Å². The molecule has 0 bridgehead atoms. The van der Waals surface area contributed by atoms with Gasteiger partial charge in [0.05, 0.1) is 6.54 Å². The van der Waals surface area contributed by atoms with E-state index in [1.54, 1.807) is 34.6 Å². The summed E-state index contributed by atoms with van der Waals surface area (Å²) in [4.78, 5) is 11.1. The number of alkyl halides is 2. The van der Waals surface area contributed by atoms with Crippen molar-refractivity contribution >= 4 is 6.09 Å². The maximum Gasteiger partial charge on any atom is 0.407 e. The van der Waals surface area contributed by atoms with E-state index in [4.69, 9.17) is 4.74 Å². The number of carbonyl (C=O) groups excluding carboxylic acids is 1. The first-order valence-corrected chi connectivity index (χ1v) is 5.36. The molecule has 0 aliphatic rings. The lowest BCUT2D eigenvalue weighted by Gasteiger charge is -2.22. The van der Waals surface area contributed by atoms with Crippen molar-refractivity contribution in [3.63, 3.8) is 0 Å². The van der Waals surface area contributed by atoms with E-state index in [1.807, 2.05) is 0 Å². The molecule has 0 heterocycles. The molecule has 96 valence electrons. The molecule has 16 heavy (non-hydrogen) atoms. The molecule has 0 atom stereocenters. The Kier molecular flexibility index (Phi) is 5.16. The summed E-state index contributed by atoms with van der Waals surface area (Å²) in [5.41, 5.74) is -0.669. The molecule has 0 spiro atoms. The normalized spacial score (nSPS) is 12.8. The van der Waals surface area contributed by atoms with E-state index in [1.165, 1.54) is 0 Å². The molecule has 0 aromatic heterocycles. The largest absolute Gasteiger partial charge is 0.444 e. The van der Waals surface area contributed by atoms with Gasteiger partial charge >= 0.3 is 6.09 Å². The summed E-state index contributed by atoms with van der Waals surface area (Å²) in [5.74, 6) is -3.00. The van der Waals surface area contributed by atoms with Crippen molar-refractivity contribution in [2.24, 2.45) is 5.92 Å². The second-order valence-corrected chi connectivity index (χ2v) is 5.31. The van der Waals surface area contributed by atoms with Crippen LogP contribution in [0.5, 0.6) is 0 Å². The van der Waals surface area contributed by atoms with E-state index >= 15 is 0 Å². The molecule has 0 aromatic rings. The van der Waals surface area contributed by atoms with E-state index in [2.05, 4.69) is 5.32 Å². The van der Waals surface area contributed by atoms with Crippen molar-refractivity contribution < 1.29 is 18.3 Å². The molecule has 0 aliphatic carbocycles. The van der Waals surface area contributed by atoms with Crippen molar-refractivity contribution in [2.45, 2.75) is 52.6 Å². The highest BCUT2D eigenvalue weighted by Crippen LogP contribution is 2.22. The molecule has 0 rings (SSSR count). The van der Waals surface area contributed by atoms with Gasteiger partial charge in [0.25, 0.3) is 5.92 Å². The van der Waals surface area contributed by atoms with Crippen molar-refractivity contribution in [1.82, 2.24) is 5.32 Å². The lowest BCUT2D eigenvalue weighted by molar-refractivity contribution is -0.0214. The van der Waals surface area contributed by atoms with Crippen LogP contribution in [0, 0.1) is 5.92 Å². The van der Waals surface area contributed by atoms with Gasteiger partial charge in [-0.15, -0.1) is 0 Å². The minimum atomic E-state index is -2.88. The fourth-order valence-corrected chi connectivity index (χ4v) is 1.19. The third-order valence-corrected chi connectivity index (χ3v) is 1.60. The van der Waals surface area contributed by atoms with Crippen molar-refractivity contribution in [3.8, 4) is 0 Å². The van der Waals surface area contributed by atoms with Gasteiger partial charge in [-0.3, -0.25) is 0 Å². The molecule has 0 aliphatic heterocycles. The molecule has 0 aromatic carbocycles. The smallest absolute Gasteiger partial charge is 0.407 e. The Bertz CT molecular complexity index is 235. The number of carbonyl (C=O) groups is 1. The molecule has 0 radical (unpaired) electrons. The second-order valence-electron chi connectivity index (χ2n) is 5.31.